The molecule has 1 aromatic heterocycles. The van der Waals surface area contributed by atoms with Crippen molar-refractivity contribution in [3.05, 3.63) is 11.9 Å². The van der Waals surface area contributed by atoms with Crippen molar-refractivity contribution in [2.75, 3.05) is 19.6 Å². The minimum Gasteiger partial charge on any atom is -0.311 e. The molecule has 19 heavy (non-hydrogen) atoms. The van der Waals surface area contributed by atoms with Crippen molar-refractivity contribution in [2.24, 2.45) is 13.0 Å². The Morgan fingerprint density at radius 3 is 2.89 bits per heavy atom. The van der Waals surface area contributed by atoms with Gasteiger partial charge in [0.15, 0.2) is 0 Å². The molecule has 0 amide bonds. The lowest BCUT2D eigenvalue weighted by molar-refractivity contribution is 0.140. The van der Waals surface area contributed by atoms with Crippen LogP contribution in [0.3, 0.4) is 0 Å². The van der Waals surface area contributed by atoms with Gasteiger partial charge in [-0.3, -0.25) is 9.58 Å². The number of nitrogens with one attached hydrogen (secondary N) is 1. The topological polar surface area (TPSA) is 46.0 Å². The predicted molar refractivity (Wildman–Crippen MR) is 74.6 cm³/mol. The maximum absolute atomic E-state index is 4.20. The lowest BCUT2D eigenvalue weighted by atomic mass is 9.83. The smallest absolute Gasteiger partial charge is 0.0967 e. The average molecular weight is 263 g/mol. The molecule has 2 heterocycles. The normalized spacial score (nSPS) is 26.7. The van der Waals surface area contributed by atoms with Crippen LogP contribution in [-0.4, -0.2) is 45.6 Å². The minimum absolute atomic E-state index is 0.686. The summed E-state index contributed by atoms with van der Waals surface area (Å²) in [6.45, 7) is 4.35. The highest BCUT2D eigenvalue weighted by molar-refractivity contribution is 4.94. The number of nitrogens with zero attached hydrogens (tertiary/aromatic N) is 4. The van der Waals surface area contributed by atoms with E-state index in [9.17, 15) is 0 Å². The summed E-state index contributed by atoms with van der Waals surface area (Å²) in [7, 11) is 1.93. The Morgan fingerprint density at radius 1 is 1.32 bits per heavy atom. The van der Waals surface area contributed by atoms with Gasteiger partial charge in [-0.05, 0) is 18.8 Å². The number of hydrogen-bond acceptors (Lipinski definition) is 4. The predicted octanol–water partition coefficient (Wildman–Crippen LogP) is 1.17. The van der Waals surface area contributed by atoms with Gasteiger partial charge in [-0.25, -0.2) is 0 Å². The average Bonchev–Trinajstić information content (AvgIpc) is 2.85. The summed E-state index contributed by atoms with van der Waals surface area (Å²) >= 11 is 0. The summed E-state index contributed by atoms with van der Waals surface area (Å²) in [5.74, 6) is 0.887. The molecule has 2 aliphatic rings. The van der Waals surface area contributed by atoms with Gasteiger partial charge >= 0.3 is 0 Å². The molecular weight excluding hydrogens is 238 g/mol. The van der Waals surface area contributed by atoms with Crippen molar-refractivity contribution in [1.29, 1.82) is 0 Å². The van der Waals surface area contributed by atoms with E-state index in [-0.39, 0.29) is 0 Å². The number of rotatable bonds is 3. The van der Waals surface area contributed by atoms with Crippen molar-refractivity contribution in [3.8, 4) is 0 Å². The van der Waals surface area contributed by atoms with Crippen LogP contribution in [0.5, 0.6) is 0 Å². The van der Waals surface area contributed by atoms with Gasteiger partial charge in [0, 0.05) is 45.5 Å². The van der Waals surface area contributed by atoms with Gasteiger partial charge in [0.05, 0.1) is 5.69 Å². The summed E-state index contributed by atoms with van der Waals surface area (Å²) in [5.41, 5.74) is 1.09. The maximum atomic E-state index is 4.20. The van der Waals surface area contributed by atoms with E-state index < -0.39 is 0 Å². The zero-order chi connectivity index (χ0) is 13.1. The van der Waals surface area contributed by atoms with Crippen LogP contribution in [-0.2, 0) is 13.6 Å². The van der Waals surface area contributed by atoms with Gasteiger partial charge in [-0.2, -0.15) is 0 Å². The summed E-state index contributed by atoms with van der Waals surface area (Å²) in [6.07, 6.45) is 9.14. The van der Waals surface area contributed by atoms with E-state index in [0.29, 0.717) is 6.04 Å². The van der Waals surface area contributed by atoms with Crippen LogP contribution in [0.15, 0.2) is 6.20 Å². The van der Waals surface area contributed by atoms with E-state index in [0.717, 1.165) is 31.2 Å². The zero-order valence-corrected chi connectivity index (χ0v) is 11.9. The fourth-order valence-corrected chi connectivity index (χ4v) is 3.53. The number of piperazine rings is 1. The van der Waals surface area contributed by atoms with Crippen molar-refractivity contribution in [2.45, 2.75) is 44.7 Å². The summed E-state index contributed by atoms with van der Waals surface area (Å²) in [5, 5.41) is 11.9. The van der Waals surface area contributed by atoms with E-state index in [1.54, 1.807) is 4.68 Å². The molecule has 0 spiro atoms. The molecule has 5 heteroatoms. The second kappa shape index (κ2) is 6.01. The van der Waals surface area contributed by atoms with Crippen LogP contribution >= 0.6 is 0 Å². The highest BCUT2D eigenvalue weighted by atomic mass is 15.4. The fourth-order valence-electron chi connectivity index (χ4n) is 3.53. The molecule has 0 aromatic carbocycles. The number of hydrogen-bond donors (Lipinski definition) is 1. The molecule has 1 aliphatic carbocycles. The largest absolute Gasteiger partial charge is 0.311 e. The van der Waals surface area contributed by atoms with Crippen LogP contribution in [0.25, 0.3) is 0 Å². The SMILES string of the molecule is Cn1cc(CN2CCNC(C3CCCCC3)C2)nn1. The highest BCUT2D eigenvalue weighted by Gasteiger charge is 2.28. The Balaban J connectivity index is 1.55. The summed E-state index contributed by atoms with van der Waals surface area (Å²) in [6, 6.07) is 0.686. The third-order valence-electron chi connectivity index (χ3n) is 4.54. The molecule has 5 nitrogen and oxygen atoms in total. The highest BCUT2D eigenvalue weighted by Crippen LogP contribution is 2.27. The number of aryl methyl sites for hydroxylation is 1. The Hall–Kier alpha value is -0.940. The molecule has 1 saturated heterocycles. The van der Waals surface area contributed by atoms with E-state index in [4.69, 9.17) is 0 Å². The maximum Gasteiger partial charge on any atom is 0.0967 e. The van der Waals surface area contributed by atoms with E-state index in [2.05, 4.69) is 20.5 Å². The van der Waals surface area contributed by atoms with Gasteiger partial charge in [0.1, 0.15) is 0 Å². The first-order valence-corrected chi connectivity index (χ1v) is 7.62. The van der Waals surface area contributed by atoms with Gasteiger partial charge in [0.25, 0.3) is 0 Å². The molecular formula is C14H25N5. The molecule has 1 unspecified atom stereocenters. The van der Waals surface area contributed by atoms with Crippen LogP contribution in [0, 0.1) is 5.92 Å². The molecule has 1 aliphatic heterocycles. The quantitative estimate of drug-likeness (QED) is 0.889. The third-order valence-corrected chi connectivity index (χ3v) is 4.54. The van der Waals surface area contributed by atoms with E-state index >= 15 is 0 Å². The molecule has 1 aromatic rings. The number of aromatic nitrogens is 3. The Kier molecular flexibility index (Phi) is 4.13. The Morgan fingerprint density at radius 2 is 2.16 bits per heavy atom. The monoisotopic (exact) mass is 263 g/mol. The van der Waals surface area contributed by atoms with Crippen LogP contribution in [0.4, 0.5) is 0 Å². The van der Waals surface area contributed by atoms with Crippen molar-refractivity contribution in [1.82, 2.24) is 25.2 Å². The first-order valence-electron chi connectivity index (χ1n) is 7.62. The second-order valence-electron chi connectivity index (χ2n) is 6.08. The van der Waals surface area contributed by atoms with Gasteiger partial charge in [-0.1, -0.05) is 24.5 Å². The Labute approximate surface area is 115 Å². The van der Waals surface area contributed by atoms with E-state index in [1.807, 2.05) is 13.2 Å². The molecule has 3 rings (SSSR count). The van der Waals surface area contributed by atoms with Gasteiger partial charge in [0.2, 0.25) is 0 Å². The molecule has 1 N–H and O–H groups in total. The van der Waals surface area contributed by atoms with Crippen molar-refractivity contribution < 1.29 is 0 Å². The van der Waals surface area contributed by atoms with Crippen LogP contribution in [0.2, 0.25) is 0 Å². The van der Waals surface area contributed by atoms with Crippen LogP contribution < -0.4 is 5.32 Å². The lowest BCUT2D eigenvalue weighted by Gasteiger charge is -2.39. The van der Waals surface area contributed by atoms with Gasteiger partial charge in [-0.15, -0.1) is 5.10 Å². The van der Waals surface area contributed by atoms with Crippen LogP contribution in [0.1, 0.15) is 37.8 Å². The molecule has 1 saturated carbocycles. The lowest BCUT2D eigenvalue weighted by Crippen LogP contribution is -2.53. The van der Waals surface area contributed by atoms with E-state index in [1.165, 1.54) is 38.6 Å². The minimum atomic E-state index is 0.686. The first-order chi connectivity index (χ1) is 9.31. The molecule has 0 bridgehead atoms. The molecule has 0 radical (unpaired) electrons. The Bertz CT molecular complexity index is 396. The summed E-state index contributed by atoms with van der Waals surface area (Å²) < 4.78 is 1.79. The molecule has 1 atom stereocenters. The molecule has 2 fully saturated rings. The summed E-state index contributed by atoms with van der Waals surface area (Å²) in [4.78, 5) is 2.53. The fraction of sp³-hybridized carbons (Fsp3) is 0.857. The zero-order valence-electron chi connectivity index (χ0n) is 11.9. The van der Waals surface area contributed by atoms with Gasteiger partial charge < -0.3 is 5.32 Å². The first kappa shape index (κ1) is 13.1. The third kappa shape index (κ3) is 3.34. The van der Waals surface area contributed by atoms with Crippen molar-refractivity contribution >= 4 is 0 Å². The standard InChI is InChI=1S/C14H25N5/c1-18-9-13(16-17-18)10-19-8-7-15-14(11-19)12-5-3-2-4-6-12/h9,12,14-15H,2-8,10-11H2,1H3. The second-order valence-corrected chi connectivity index (χ2v) is 6.08. The molecule has 106 valence electrons. The van der Waals surface area contributed by atoms with Crippen molar-refractivity contribution in [3.63, 3.8) is 0 Å².